The molecule has 0 saturated carbocycles. The van der Waals surface area contributed by atoms with Gasteiger partial charge in [-0.15, -0.1) is 0 Å². The van der Waals surface area contributed by atoms with Gasteiger partial charge >= 0.3 is 5.97 Å². The van der Waals surface area contributed by atoms with Crippen LogP contribution in [0.2, 0.25) is 5.15 Å². The Balaban J connectivity index is 1.87. The zero-order valence-electron chi connectivity index (χ0n) is 11.5. The van der Waals surface area contributed by atoms with E-state index in [1.807, 2.05) is 0 Å². The minimum atomic E-state index is -0.628. The Morgan fingerprint density at radius 2 is 1.95 bits per heavy atom. The van der Waals surface area contributed by atoms with Gasteiger partial charge in [0.25, 0.3) is 5.91 Å². The van der Waals surface area contributed by atoms with Crippen molar-refractivity contribution < 1.29 is 19.4 Å². The summed E-state index contributed by atoms with van der Waals surface area (Å²) in [5.41, 5.74) is 1.32. The van der Waals surface area contributed by atoms with Crippen LogP contribution in [0, 0.1) is 0 Å². The highest BCUT2D eigenvalue weighted by Gasteiger charge is 2.11. The molecule has 0 aliphatic rings. The fourth-order valence-electron chi connectivity index (χ4n) is 1.63. The van der Waals surface area contributed by atoms with Crippen molar-refractivity contribution in [2.24, 2.45) is 0 Å². The molecule has 0 unspecified atom stereocenters. The van der Waals surface area contributed by atoms with Crippen LogP contribution < -0.4 is 5.32 Å². The number of ether oxygens (including phenoxy) is 1. The third-order valence-corrected chi connectivity index (χ3v) is 3.04. The van der Waals surface area contributed by atoms with Gasteiger partial charge in [-0.1, -0.05) is 23.7 Å². The smallest absolute Gasteiger partial charge is 0.338 e. The molecule has 0 radical (unpaired) electrons. The number of carbonyl (C=O) groups is 2. The number of esters is 1. The molecule has 0 bridgehead atoms. The quantitative estimate of drug-likeness (QED) is 0.650. The molecule has 0 aliphatic carbocycles. The van der Waals surface area contributed by atoms with Crippen molar-refractivity contribution in [2.45, 2.75) is 6.61 Å². The lowest BCUT2D eigenvalue weighted by Gasteiger charge is -2.07. The van der Waals surface area contributed by atoms with Crippen LogP contribution in [0.15, 0.2) is 42.6 Å². The number of nitrogens with one attached hydrogen (secondary N) is 1. The average molecular weight is 321 g/mol. The predicted octanol–water partition coefficient (Wildman–Crippen LogP) is 2.02. The van der Waals surface area contributed by atoms with Gasteiger partial charge in [-0.2, -0.15) is 0 Å². The van der Waals surface area contributed by atoms with Crippen LogP contribution in [0.4, 0.5) is 5.69 Å². The Labute approximate surface area is 131 Å². The van der Waals surface area contributed by atoms with E-state index in [2.05, 4.69) is 10.3 Å². The number of hydrogen-bond donors (Lipinski definition) is 2. The molecule has 7 heteroatoms. The second kappa shape index (κ2) is 7.53. The van der Waals surface area contributed by atoms with Gasteiger partial charge in [0.2, 0.25) is 0 Å². The van der Waals surface area contributed by atoms with E-state index >= 15 is 0 Å². The van der Waals surface area contributed by atoms with Gasteiger partial charge < -0.3 is 15.2 Å². The lowest BCUT2D eigenvalue weighted by atomic mass is 10.1. The van der Waals surface area contributed by atoms with E-state index in [0.29, 0.717) is 16.8 Å². The van der Waals surface area contributed by atoms with Crippen molar-refractivity contribution in [2.75, 3.05) is 11.9 Å². The fraction of sp³-hybridized carbons (Fsp3) is 0.133. The predicted molar refractivity (Wildman–Crippen MR) is 80.5 cm³/mol. The molecule has 0 spiro atoms. The number of rotatable bonds is 5. The molecule has 22 heavy (non-hydrogen) atoms. The Kier molecular flexibility index (Phi) is 5.46. The number of aliphatic hydroxyl groups excluding tert-OH is 1. The summed E-state index contributed by atoms with van der Waals surface area (Å²) >= 11 is 5.80. The van der Waals surface area contributed by atoms with E-state index < -0.39 is 18.5 Å². The Bertz CT molecular complexity index is 673. The van der Waals surface area contributed by atoms with Crippen molar-refractivity contribution in [3.05, 3.63) is 58.9 Å². The van der Waals surface area contributed by atoms with Crippen molar-refractivity contribution in [1.29, 1.82) is 0 Å². The summed E-state index contributed by atoms with van der Waals surface area (Å²) in [7, 11) is 0. The first-order chi connectivity index (χ1) is 10.6. The number of halogens is 1. The van der Waals surface area contributed by atoms with E-state index in [9.17, 15) is 9.59 Å². The third kappa shape index (κ3) is 4.28. The van der Waals surface area contributed by atoms with E-state index in [0.717, 1.165) is 0 Å². The maximum absolute atomic E-state index is 11.8. The summed E-state index contributed by atoms with van der Waals surface area (Å²) in [4.78, 5) is 27.3. The zero-order valence-corrected chi connectivity index (χ0v) is 12.2. The summed E-state index contributed by atoms with van der Waals surface area (Å²) in [6.45, 7) is -0.546. The highest BCUT2D eigenvalue weighted by atomic mass is 35.5. The number of pyridine rings is 1. The Morgan fingerprint density at radius 1 is 1.23 bits per heavy atom. The lowest BCUT2D eigenvalue weighted by Crippen LogP contribution is -2.21. The van der Waals surface area contributed by atoms with Crippen LogP contribution >= 0.6 is 11.6 Å². The van der Waals surface area contributed by atoms with Crippen LogP contribution in [0.5, 0.6) is 0 Å². The van der Waals surface area contributed by atoms with Crippen molar-refractivity contribution in [3.8, 4) is 0 Å². The molecule has 6 nitrogen and oxygen atoms in total. The van der Waals surface area contributed by atoms with Gasteiger partial charge in [0.1, 0.15) is 0 Å². The molecule has 0 saturated heterocycles. The van der Waals surface area contributed by atoms with Gasteiger partial charge in [0.05, 0.1) is 17.9 Å². The first kappa shape index (κ1) is 15.9. The SMILES string of the molecule is O=C(COC(=O)c1ccc(CO)cc1)Nc1cccnc1Cl. The van der Waals surface area contributed by atoms with Crippen LogP contribution in [-0.2, 0) is 16.1 Å². The first-order valence-electron chi connectivity index (χ1n) is 6.37. The van der Waals surface area contributed by atoms with E-state index in [1.54, 1.807) is 24.3 Å². The summed E-state index contributed by atoms with van der Waals surface area (Å²) in [5, 5.41) is 11.6. The normalized spacial score (nSPS) is 10.1. The second-order valence-electron chi connectivity index (χ2n) is 4.32. The van der Waals surface area contributed by atoms with Crippen LogP contribution in [-0.4, -0.2) is 28.6 Å². The van der Waals surface area contributed by atoms with Crippen LogP contribution in [0.25, 0.3) is 0 Å². The molecule has 1 aromatic carbocycles. The molecule has 114 valence electrons. The maximum atomic E-state index is 11.8. The second-order valence-corrected chi connectivity index (χ2v) is 4.68. The Morgan fingerprint density at radius 3 is 2.59 bits per heavy atom. The van der Waals surface area contributed by atoms with Crippen molar-refractivity contribution in [1.82, 2.24) is 4.98 Å². The van der Waals surface area contributed by atoms with Crippen molar-refractivity contribution in [3.63, 3.8) is 0 Å². The molecule has 2 aromatic rings. The number of amides is 1. The van der Waals surface area contributed by atoms with Crippen LogP contribution in [0.3, 0.4) is 0 Å². The fourth-order valence-corrected chi connectivity index (χ4v) is 1.79. The molecule has 1 amide bonds. The molecule has 0 atom stereocenters. The number of hydrogen-bond acceptors (Lipinski definition) is 5. The molecule has 2 rings (SSSR count). The largest absolute Gasteiger partial charge is 0.452 e. The monoisotopic (exact) mass is 320 g/mol. The molecular formula is C15H13ClN2O4. The molecule has 1 aromatic heterocycles. The maximum Gasteiger partial charge on any atom is 0.338 e. The Hall–Kier alpha value is -2.44. The van der Waals surface area contributed by atoms with E-state index in [4.69, 9.17) is 21.4 Å². The van der Waals surface area contributed by atoms with Gasteiger partial charge in [-0.05, 0) is 29.8 Å². The van der Waals surface area contributed by atoms with E-state index in [1.165, 1.54) is 18.3 Å². The molecule has 2 N–H and O–H groups in total. The minimum absolute atomic E-state index is 0.108. The van der Waals surface area contributed by atoms with Crippen LogP contribution in [0.1, 0.15) is 15.9 Å². The molecule has 1 heterocycles. The number of carbonyl (C=O) groups excluding carboxylic acids is 2. The standard InChI is InChI=1S/C15H13ClN2O4/c16-14-12(2-1-7-17-14)18-13(20)9-22-15(21)11-5-3-10(8-19)4-6-11/h1-7,19H,8-9H2,(H,18,20). The minimum Gasteiger partial charge on any atom is -0.452 e. The summed E-state index contributed by atoms with van der Waals surface area (Å²) in [5.74, 6) is -1.15. The van der Waals surface area contributed by atoms with Gasteiger partial charge in [0.15, 0.2) is 11.8 Å². The number of anilines is 1. The highest BCUT2D eigenvalue weighted by Crippen LogP contribution is 2.17. The van der Waals surface area contributed by atoms with Gasteiger partial charge in [-0.3, -0.25) is 4.79 Å². The first-order valence-corrected chi connectivity index (χ1v) is 6.75. The molecular weight excluding hydrogens is 308 g/mol. The highest BCUT2D eigenvalue weighted by molar-refractivity contribution is 6.32. The van der Waals surface area contributed by atoms with Gasteiger partial charge in [-0.25, -0.2) is 9.78 Å². The van der Waals surface area contributed by atoms with Gasteiger partial charge in [0, 0.05) is 6.20 Å². The number of aromatic nitrogens is 1. The number of benzene rings is 1. The van der Waals surface area contributed by atoms with E-state index in [-0.39, 0.29) is 11.8 Å². The summed E-state index contributed by atoms with van der Waals surface area (Å²) in [6.07, 6.45) is 1.49. The molecule has 0 fully saturated rings. The zero-order chi connectivity index (χ0) is 15.9. The summed E-state index contributed by atoms with van der Waals surface area (Å²) in [6, 6.07) is 9.45. The topological polar surface area (TPSA) is 88.5 Å². The number of aliphatic hydroxyl groups is 1. The lowest BCUT2D eigenvalue weighted by molar-refractivity contribution is -0.119. The molecule has 0 aliphatic heterocycles. The summed E-state index contributed by atoms with van der Waals surface area (Å²) < 4.78 is 4.90. The average Bonchev–Trinajstić information content (AvgIpc) is 2.55. The number of nitrogens with zero attached hydrogens (tertiary/aromatic N) is 1. The third-order valence-electron chi connectivity index (χ3n) is 2.74. The van der Waals surface area contributed by atoms with Crippen molar-refractivity contribution >= 4 is 29.2 Å².